The monoisotopic (exact) mass is 253 g/mol. The number of benzene rings is 2. The summed E-state index contributed by atoms with van der Waals surface area (Å²) >= 11 is 0. The fourth-order valence-corrected chi connectivity index (χ4v) is 2.57. The van der Waals surface area contributed by atoms with Gasteiger partial charge in [0.1, 0.15) is 5.82 Å². The Labute approximate surface area is 112 Å². The lowest BCUT2D eigenvalue weighted by atomic mass is 10.1. The molecule has 0 saturated carbocycles. The molecule has 2 heteroatoms. The average Bonchev–Trinajstić information content (AvgIpc) is 2.69. The topological polar surface area (TPSA) is 4.93 Å². The molecule has 0 unspecified atom stereocenters. The van der Waals surface area contributed by atoms with Gasteiger partial charge in [-0.3, -0.25) is 0 Å². The summed E-state index contributed by atoms with van der Waals surface area (Å²) in [6.45, 7) is 4.85. The fourth-order valence-electron chi connectivity index (χ4n) is 2.57. The molecule has 3 aromatic rings. The van der Waals surface area contributed by atoms with Crippen molar-refractivity contribution in [2.45, 2.75) is 20.4 Å². The molecule has 1 heterocycles. The van der Waals surface area contributed by atoms with E-state index in [9.17, 15) is 4.39 Å². The number of nitrogens with zero attached hydrogens (tertiary/aromatic N) is 1. The normalized spacial score (nSPS) is 11.1. The van der Waals surface area contributed by atoms with Crippen LogP contribution in [0.1, 0.15) is 16.8 Å². The Morgan fingerprint density at radius 1 is 1.00 bits per heavy atom. The molecule has 0 saturated heterocycles. The zero-order valence-electron chi connectivity index (χ0n) is 11.2. The van der Waals surface area contributed by atoms with Crippen molar-refractivity contribution in [3.8, 4) is 0 Å². The number of aryl methyl sites for hydroxylation is 2. The largest absolute Gasteiger partial charge is 0.340 e. The standard InChI is InChI=1S/C17H16FN/c1-12-9-16(18)8-7-15(12)11-19-13(2)10-14-5-3-4-6-17(14)19/h3-10H,11H2,1-2H3. The summed E-state index contributed by atoms with van der Waals surface area (Å²) in [4.78, 5) is 0. The summed E-state index contributed by atoms with van der Waals surface area (Å²) in [6.07, 6.45) is 0. The molecule has 0 bridgehead atoms. The summed E-state index contributed by atoms with van der Waals surface area (Å²) in [6, 6.07) is 15.5. The van der Waals surface area contributed by atoms with Crippen LogP contribution in [0.25, 0.3) is 10.9 Å². The minimum Gasteiger partial charge on any atom is -0.340 e. The van der Waals surface area contributed by atoms with Gasteiger partial charge in [-0.2, -0.15) is 0 Å². The molecule has 19 heavy (non-hydrogen) atoms. The van der Waals surface area contributed by atoms with Gasteiger partial charge in [0.15, 0.2) is 0 Å². The second-order valence-electron chi connectivity index (χ2n) is 5.00. The van der Waals surface area contributed by atoms with Crippen molar-refractivity contribution in [3.63, 3.8) is 0 Å². The van der Waals surface area contributed by atoms with E-state index in [-0.39, 0.29) is 5.82 Å². The number of rotatable bonds is 2. The lowest BCUT2D eigenvalue weighted by molar-refractivity contribution is 0.624. The molecule has 0 fully saturated rings. The van der Waals surface area contributed by atoms with Crippen LogP contribution in [0, 0.1) is 19.7 Å². The predicted molar refractivity (Wildman–Crippen MR) is 76.9 cm³/mol. The van der Waals surface area contributed by atoms with Crippen LogP contribution in [-0.4, -0.2) is 4.57 Å². The molecular formula is C17H16FN. The first-order chi connectivity index (χ1) is 9.15. The second-order valence-corrected chi connectivity index (χ2v) is 5.00. The lowest BCUT2D eigenvalue weighted by Gasteiger charge is -2.11. The molecule has 0 atom stereocenters. The first-order valence-electron chi connectivity index (χ1n) is 6.45. The van der Waals surface area contributed by atoms with Gasteiger partial charge in [-0.1, -0.05) is 24.3 Å². The van der Waals surface area contributed by atoms with Crippen LogP contribution in [0.2, 0.25) is 0 Å². The van der Waals surface area contributed by atoms with E-state index in [0.29, 0.717) is 0 Å². The van der Waals surface area contributed by atoms with E-state index >= 15 is 0 Å². The molecule has 3 rings (SSSR count). The molecule has 0 aliphatic heterocycles. The second kappa shape index (κ2) is 4.54. The minimum absolute atomic E-state index is 0.171. The van der Waals surface area contributed by atoms with E-state index in [0.717, 1.165) is 17.7 Å². The van der Waals surface area contributed by atoms with E-state index in [1.807, 2.05) is 13.0 Å². The smallest absolute Gasteiger partial charge is 0.123 e. The Kier molecular flexibility index (Phi) is 2.86. The van der Waals surface area contributed by atoms with Crippen LogP contribution in [0.5, 0.6) is 0 Å². The van der Waals surface area contributed by atoms with Gasteiger partial charge in [0.25, 0.3) is 0 Å². The summed E-state index contributed by atoms with van der Waals surface area (Å²) in [7, 11) is 0. The summed E-state index contributed by atoms with van der Waals surface area (Å²) in [5.41, 5.74) is 4.61. The summed E-state index contributed by atoms with van der Waals surface area (Å²) in [5, 5.41) is 1.25. The van der Waals surface area contributed by atoms with E-state index in [1.165, 1.54) is 22.7 Å². The van der Waals surface area contributed by atoms with Crippen LogP contribution in [-0.2, 0) is 6.54 Å². The molecular weight excluding hydrogens is 237 g/mol. The highest BCUT2D eigenvalue weighted by Crippen LogP contribution is 2.21. The minimum atomic E-state index is -0.171. The van der Waals surface area contributed by atoms with Crippen molar-refractivity contribution < 1.29 is 4.39 Å². The Morgan fingerprint density at radius 2 is 1.79 bits per heavy atom. The van der Waals surface area contributed by atoms with Crippen LogP contribution >= 0.6 is 0 Å². The molecule has 0 N–H and O–H groups in total. The number of aromatic nitrogens is 1. The highest BCUT2D eigenvalue weighted by Gasteiger charge is 2.07. The Morgan fingerprint density at radius 3 is 2.58 bits per heavy atom. The van der Waals surface area contributed by atoms with Gasteiger partial charge >= 0.3 is 0 Å². The van der Waals surface area contributed by atoms with Crippen molar-refractivity contribution >= 4 is 10.9 Å². The molecule has 0 spiro atoms. The number of hydrogen-bond acceptors (Lipinski definition) is 0. The highest BCUT2D eigenvalue weighted by molar-refractivity contribution is 5.81. The van der Waals surface area contributed by atoms with E-state index in [1.54, 1.807) is 6.07 Å². The van der Waals surface area contributed by atoms with Gasteiger partial charge in [0.05, 0.1) is 0 Å². The first kappa shape index (κ1) is 12.0. The van der Waals surface area contributed by atoms with Gasteiger partial charge in [-0.25, -0.2) is 4.39 Å². The van der Waals surface area contributed by atoms with E-state index < -0.39 is 0 Å². The highest BCUT2D eigenvalue weighted by atomic mass is 19.1. The van der Waals surface area contributed by atoms with Crippen LogP contribution in [0.3, 0.4) is 0 Å². The molecule has 96 valence electrons. The number of fused-ring (bicyclic) bond motifs is 1. The SMILES string of the molecule is Cc1cc(F)ccc1Cn1c(C)cc2ccccc21. The molecule has 1 nitrogen and oxygen atoms in total. The van der Waals surface area contributed by atoms with Gasteiger partial charge in [0, 0.05) is 17.8 Å². The van der Waals surface area contributed by atoms with Crippen molar-refractivity contribution in [2.75, 3.05) is 0 Å². The molecule has 2 aromatic carbocycles. The first-order valence-corrected chi connectivity index (χ1v) is 6.45. The van der Waals surface area contributed by atoms with Crippen LogP contribution < -0.4 is 0 Å². The third-order valence-corrected chi connectivity index (χ3v) is 3.65. The number of hydrogen-bond donors (Lipinski definition) is 0. The molecule has 0 aliphatic rings. The van der Waals surface area contributed by atoms with Gasteiger partial charge in [-0.05, 0) is 54.6 Å². The Hall–Kier alpha value is -2.09. The van der Waals surface area contributed by atoms with E-state index in [2.05, 4.69) is 41.8 Å². The molecule has 0 amide bonds. The molecule has 0 aliphatic carbocycles. The maximum absolute atomic E-state index is 13.2. The average molecular weight is 253 g/mol. The van der Waals surface area contributed by atoms with Crippen molar-refractivity contribution in [1.29, 1.82) is 0 Å². The van der Waals surface area contributed by atoms with Crippen molar-refractivity contribution in [3.05, 3.63) is 71.2 Å². The van der Waals surface area contributed by atoms with Gasteiger partial charge < -0.3 is 4.57 Å². The van der Waals surface area contributed by atoms with Crippen LogP contribution in [0.4, 0.5) is 4.39 Å². The Balaban J connectivity index is 2.08. The summed E-state index contributed by atoms with van der Waals surface area (Å²) in [5.74, 6) is -0.171. The van der Waals surface area contributed by atoms with E-state index in [4.69, 9.17) is 0 Å². The third kappa shape index (κ3) is 2.14. The summed E-state index contributed by atoms with van der Waals surface area (Å²) < 4.78 is 15.4. The van der Waals surface area contributed by atoms with Gasteiger partial charge in [0.2, 0.25) is 0 Å². The fraction of sp³-hybridized carbons (Fsp3) is 0.176. The predicted octanol–water partition coefficient (Wildman–Crippen LogP) is 4.45. The lowest BCUT2D eigenvalue weighted by Crippen LogP contribution is -2.03. The van der Waals surface area contributed by atoms with Gasteiger partial charge in [-0.15, -0.1) is 0 Å². The zero-order chi connectivity index (χ0) is 13.4. The number of para-hydroxylation sites is 1. The van der Waals surface area contributed by atoms with Crippen molar-refractivity contribution in [2.24, 2.45) is 0 Å². The quantitative estimate of drug-likeness (QED) is 0.636. The molecule has 1 aromatic heterocycles. The Bertz CT molecular complexity index is 740. The maximum Gasteiger partial charge on any atom is 0.123 e. The van der Waals surface area contributed by atoms with Crippen LogP contribution in [0.15, 0.2) is 48.5 Å². The van der Waals surface area contributed by atoms with Crippen molar-refractivity contribution in [1.82, 2.24) is 4.57 Å². The maximum atomic E-state index is 13.2. The number of halogens is 1. The third-order valence-electron chi connectivity index (χ3n) is 3.65. The molecule has 0 radical (unpaired) electrons. The zero-order valence-corrected chi connectivity index (χ0v) is 11.2.